The minimum Gasteiger partial charge on any atom is -0.306 e. The Morgan fingerprint density at radius 3 is 1.46 bits per heavy atom. The van der Waals surface area contributed by atoms with Gasteiger partial charge >= 0.3 is 11.4 Å². The van der Waals surface area contributed by atoms with Crippen LogP contribution in [0.3, 0.4) is 0 Å². The fraction of sp³-hybridized carbons (Fsp3) is 0. The minimum absolute atomic E-state index is 0.0865. The first-order chi connectivity index (χ1) is 28.0. The fourth-order valence-electron chi connectivity index (χ4n) is 6.78. The molecule has 6 nitrogen and oxygen atoms in total. The highest BCUT2D eigenvalue weighted by molar-refractivity contribution is 9.10. The third-order valence-corrected chi connectivity index (χ3v) is 9.96. The molecule has 7 aromatic carbocycles. The van der Waals surface area contributed by atoms with E-state index in [1.54, 1.807) is 9.13 Å². The molecule has 274 valence electrons. The lowest BCUT2D eigenvalue weighted by Gasteiger charge is -2.08. The van der Waals surface area contributed by atoms with Gasteiger partial charge in [0.15, 0.2) is 0 Å². The second-order valence-electron chi connectivity index (χ2n) is 13.2. The van der Waals surface area contributed by atoms with Crippen LogP contribution in [-0.4, -0.2) is 19.1 Å². The van der Waals surface area contributed by atoms with Crippen molar-refractivity contribution in [2.24, 2.45) is 0 Å². The number of rotatable bonds is 5. The van der Waals surface area contributed by atoms with Crippen LogP contribution in [0.2, 0.25) is 0 Å². The van der Waals surface area contributed by atoms with Crippen molar-refractivity contribution < 1.29 is 0 Å². The number of aromatic nitrogens is 4. The maximum atomic E-state index is 13.9. The molecule has 0 saturated heterocycles. The first-order valence-electron chi connectivity index (χ1n) is 18.5. The lowest BCUT2D eigenvalue weighted by molar-refractivity contribution is 0.931. The molecule has 0 radical (unpaired) electrons. The summed E-state index contributed by atoms with van der Waals surface area (Å²) in [6.07, 6.45) is 11.0. The number of halogens is 1. The van der Waals surface area contributed by atoms with Gasteiger partial charge in [0.2, 0.25) is 0 Å². The van der Waals surface area contributed by atoms with Gasteiger partial charge in [0.05, 0.1) is 51.2 Å². The maximum absolute atomic E-state index is 13.9. The minimum atomic E-state index is -0.152. The zero-order chi connectivity index (χ0) is 39.0. The van der Waals surface area contributed by atoms with Gasteiger partial charge < -0.3 is 9.97 Å². The number of nitrogens with one attached hydrogen (secondary N) is 2. The van der Waals surface area contributed by atoms with Gasteiger partial charge in [-0.2, -0.15) is 0 Å². The van der Waals surface area contributed by atoms with Crippen molar-refractivity contribution in [2.45, 2.75) is 0 Å². The van der Waals surface area contributed by atoms with E-state index in [1.807, 2.05) is 133 Å². The molecule has 9 aromatic rings. The van der Waals surface area contributed by atoms with E-state index in [2.05, 4.69) is 105 Å². The summed E-state index contributed by atoms with van der Waals surface area (Å²) >= 11 is 3.45. The van der Waals surface area contributed by atoms with Crippen LogP contribution in [0.4, 0.5) is 0 Å². The van der Waals surface area contributed by atoms with Gasteiger partial charge in [0.1, 0.15) is 12.2 Å². The highest BCUT2D eigenvalue weighted by atomic mass is 79.9. The highest BCUT2D eigenvalue weighted by Crippen LogP contribution is 2.27. The van der Waals surface area contributed by atoms with Gasteiger partial charge in [0, 0.05) is 16.1 Å². The molecule has 1 aliphatic carbocycles. The third kappa shape index (κ3) is 8.36. The van der Waals surface area contributed by atoms with E-state index < -0.39 is 0 Å². The first kappa shape index (κ1) is 36.7. The van der Waals surface area contributed by atoms with E-state index in [0.717, 1.165) is 60.2 Å². The van der Waals surface area contributed by atoms with Crippen molar-refractivity contribution in [1.82, 2.24) is 19.1 Å². The Balaban J connectivity index is 0.000000160. The number of allylic oxidation sites excluding steroid dienone is 6. The summed E-state index contributed by atoms with van der Waals surface area (Å²) in [5.41, 5.74) is 11.8. The zero-order valence-electron chi connectivity index (χ0n) is 30.7. The number of hydrogen-bond acceptors (Lipinski definition) is 2. The first-order valence-corrected chi connectivity index (χ1v) is 19.2. The van der Waals surface area contributed by atoms with Crippen LogP contribution in [0.25, 0.3) is 61.3 Å². The average molecular weight is 805 g/mol. The Morgan fingerprint density at radius 2 is 0.947 bits per heavy atom. The van der Waals surface area contributed by atoms with E-state index in [9.17, 15) is 9.59 Å². The standard InChI is InChI=1S/C31H22N2O.C12H8Br.C7H6N2O/c34-31-32(27-17-9-15-25(21-27)23-11-3-1-4-12-23)29-19-7-8-20-30(29)33(31)28-18-10-16-26(22-28)24-13-5-2-6-14-24;13-12-8-4-7-11(9-12)10-5-2-1-3-6-10;10-7-8-5-3-1-2-4-6(5)9-7/h1-22H;2-9H;1-4H,(H2,8,9,10)/q;+1;. The summed E-state index contributed by atoms with van der Waals surface area (Å²) < 4.78 is 4.71. The molecule has 0 spiro atoms. The fourth-order valence-corrected chi connectivity index (χ4v) is 7.18. The third-order valence-electron chi connectivity index (χ3n) is 9.47. The number of benzene rings is 7. The Labute approximate surface area is 338 Å². The average Bonchev–Trinajstić information content (AvgIpc) is 3.80. The van der Waals surface area contributed by atoms with Crippen molar-refractivity contribution in [3.63, 3.8) is 0 Å². The van der Waals surface area contributed by atoms with Gasteiger partial charge in [-0.25, -0.2) is 9.59 Å². The molecule has 0 bridgehead atoms. The van der Waals surface area contributed by atoms with Crippen molar-refractivity contribution in [1.29, 1.82) is 0 Å². The summed E-state index contributed by atoms with van der Waals surface area (Å²) in [6.45, 7) is 0. The molecule has 0 unspecified atom stereocenters. The molecule has 2 heterocycles. The highest BCUT2D eigenvalue weighted by Gasteiger charge is 2.17. The lowest BCUT2D eigenvalue weighted by Crippen LogP contribution is -2.22. The second-order valence-corrected chi connectivity index (χ2v) is 14.1. The number of hydrogen-bond donors (Lipinski definition) is 2. The number of H-pyrrole nitrogens is 2. The van der Waals surface area contributed by atoms with Gasteiger partial charge in [-0.15, -0.1) is 0 Å². The summed E-state index contributed by atoms with van der Waals surface area (Å²) in [7, 11) is 0. The summed E-state index contributed by atoms with van der Waals surface area (Å²) in [6, 6.07) is 60.5. The number of para-hydroxylation sites is 4. The monoisotopic (exact) mass is 803 g/mol. The predicted molar refractivity (Wildman–Crippen MR) is 238 cm³/mol. The van der Waals surface area contributed by atoms with Crippen LogP contribution < -0.4 is 11.4 Å². The van der Waals surface area contributed by atoms with E-state index in [1.165, 1.54) is 11.1 Å². The normalized spacial score (nSPS) is 11.6. The van der Waals surface area contributed by atoms with Crippen LogP contribution in [0.5, 0.6) is 0 Å². The molecule has 7 heteroatoms. The van der Waals surface area contributed by atoms with Crippen LogP contribution in [0, 0.1) is 6.08 Å². The van der Waals surface area contributed by atoms with Crippen molar-refractivity contribution >= 4 is 43.6 Å². The zero-order valence-corrected chi connectivity index (χ0v) is 32.3. The Hall–Kier alpha value is -7.31. The molecule has 0 amide bonds. The molecule has 0 atom stereocenters. The van der Waals surface area contributed by atoms with Gasteiger partial charge in [-0.05, 0) is 82.9 Å². The summed E-state index contributed by atoms with van der Waals surface area (Å²) in [5, 5.41) is 0. The van der Waals surface area contributed by atoms with Gasteiger partial charge in [-0.1, -0.05) is 137 Å². The van der Waals surface area contributed by atoms with Gasteiger partial charge in [-0.3, -0.25) is 9.13 Å². The molecule has 57 heavy (non-hydrogen) atoms. The topological polar surface area (TPSA) is 75.6 Å². The number of aromatic amines is 2. The molecular weight excluding hydrogens is 768 g/mol. The SMILES string of the molecule is Brc1cccc(C2=CC=[C+]C=C2)c1.O=c1[nH]c2ccccc2[nH]1.O=c1n(-c2cccc(-c3ccccc3)c2)c2ccccc2n1-c1cccc(-c2ccccc2)c1. The van der Waals surface area contributed by atoms with Crippen LogP contribution in [0.1, 0.15) is 5.56 Å². The van der Waals surface area contributed by atoms with Crippen LogP contribution >= 0.6 is 15.9 Å². The Morgan fingerprint density at radius 1 is 0.474 bits per heavy atom. The van der Waals surface area contributed by atoms with E-state index in [-0.39, 0.29) is 11.4 Å². The van der Waals surface area contributed by atoms with Gasteiger partial charge in [0.25, 0.3) is 0 Å². The molecule has 0 aliphatic heterocycles. The molecule has 2 N–H and O–H groups in total. The van der Waals surface area contributed by atoms with E-state index in [4.69, 9.17) is 0 Å². The van der Waals surface area contributed by atoms with E-state index in [0.29, 0.717) is 0 Å². The van der Waals surface area contributed by atoms with Crippen molar-refractivity contribution in [3.05, 3.63) is 243 Å². The summed E-state index contributed by atoms with van der Waals surface area (Å²) in [5.74, 6) is 0. The molecule has 2 aromatic heterocycles. The van der Waals surface area contributed by atoms with E-state index >= 15 is 0 Å². The predicted octanol–water partition coefficient (Wildman–Crippen LogP) is 11.7. The number of imidazole rings is 2. The largest absolute Gasteiger partial charge is 0.338 e. The molecule has 0 saturated carbocycles. The molecule has 0 fully saturated rings. The smallest absolute Gasteiger partial charge is 0.306 e. The van der Waals surface area contributed by atoms with Crippen molar-refractivity contribution in [2.75, 3.05) is 0 Å². The quantitative estimate of drug-likeness (QED) is 0.170. The van der Waals surface area contributed by atoms with Crippen LogP contribution in [0.15, 0.2) is 220 Å². The lowest BCUT2D eigenvalue weighted by atomic mass is 10.0. The van der Waals surface area contributed by atoms with Crippen LogP contribution in [-0.2, 0) is 0 Å². The summed E-state index contributed by atoms with van der Waals surface area (Å²) in [4.78, 5) is 29.9. The maximum Gasteiger partial charge on any atom is 0.338 e. The molecular formula is C50H36BrN4O2+. The number of fused-ring (bicyclic) bond motifs is 2. The molecule has 10 rings (SSSR count). The Bertz CT molecular complexity index is 2860. The second kappa shape index (κ2) is 17.0. The van der Waals surface area contributed by atoms with Crippen molar-refractivity contribution in [3.8, 4) is 33.6 Å². The Kier molecular flexibility index (Phi) is 10.9. The number of nitrogens with zero attached hydrogens (tertiary/aromatic N) is 2. The molecule has 1 aliphatic rings.